The van der Waals surface area contributed by atoms with Crippen molar-refractivity contribution in [2.24, 2.45) is 0 Å². The highest BCUT2D eigenvalue weighted by Gasteiger charge is 2.40. The molecular weight excluding hydrogens is 317 g/mol. The van der Waals surface area contributed by atoms with Crippen LogP contribution in [0.25, 0.3) is 0 Å². The van der Waals surface area contributed by atoms with Gasteiger partial charge >= 0.3 is 12.1 Å². The molecule has 22 heavy (non-hydrogen) atoms. The highest BCUT2D eigenvalue weighted by atomic mass is 32.2. The van der Waals surface area contributed by atoms with Crippen molar-refractivity contribution >= 4 is 29.3 Å². The van der Waals surface area contributed by atoms with Crippen molar-refractivity contribution in [1.82, 2.24) is 5.32 Å². The lowest BCUT2D eigenvalue weighted by Gasteiger charge is -2.19. The molecule has 122 valence electrons. The smallest absolute Gasteiger partial charge is 0.336 e. The van der Waals surface area contributed by atoms with Crippen molar-refractivity contribution in [1.29, 1.82) is 0 Å². The summed E-state index contributed by atoms with van der Waals surface area (Å²) in [7, 11) is 0. The Morgan fingerprint density at radius 3 is 2.45 bits per heavy atom. The molecule has 8 heteroatoms. The number of anilines is 1. The van der Waals surface area contributed by atoms with Crippen molar-refractivity contribution in [3.8, 4) is 0 Å². The Hall–Kier alpha value is -1.70. The first-order valence-electron chi connectivity index (χ1n) is 6.49. The second-order valence-electron chi connectivity index (χ2n) is 4.61. The summed E-state index contributed by atoms with van der Waals surface area (Å²) in [5, 5.41) is 4.29. The van der Waals surface area contributed by atoms with Crippen LogP contribution in [-0.4, -0.2) is 36.0 Å². The molecule has 4 nitrogen and oxygen atoms in total. The Morgan fingerprint density at radius 2 is 1.91 bits per heavy atom. The fourth-order valence-electron chi connectivity index (χ4n) is 1.68. The average molecular weight is 334 g/mol. The third kappa shape index (κ3) is 5.59. The zero-order chi connectivity index (χ0) is 16.8. The normalized spacial score (nSPS) is 12.6. The topological polar surface area (TPSA) is 58.2 Å². The molecule has 0 heterocycles. The number of para-hydroxylation sites is 1. The Bertz CT molecular complexity index is 535. The third-order valence-corrected chi connectivity index (χ3v) is 3.54. The molecule has 0 radical (unpaired) electrons. The molecule has 0 aliphatic carbocycles. The first-order valence-corrected chi connectivity index (χ1v) is 7.88. The number of carbonyl (C=O) groups is 2. The first-order chi connectivity index (χ1) is 10.3. The van der Waals surface area contributed by atoms with E-state index in [0.29, 0.717) is 11.4 Å². The van der Waals surface area contributed by atoms with Gasteiger partial charge in [0.25, 0.3) is 0 Å². The molecular formula is C14H17F3N2O2S. The van der Waals surface area contributed by atoms with E-state index in [0.717, 1.165) is 5.56 Å². The number of hydrogen-bond donors (Lipinski definition) is 2. The van der Waals surface area contributed by atoms with Gasteiger partial charge in [-0.1, -0.05) is 18.2 Å². The van der Waals surface area contributed by atoms with Gasteiger partial charge in [-0.25, -0.2) is 0 Å². The molecule has 0 spiro atoms. The predicted molar refractivity (Wildman–Crippen MR) is 80.8 cm³/mol. The van der Waals surface area contributed by atoms with E-state index in [9.17, 15) is 22.8 Å². The molecule has 1 aromatic rings. The van der Waals surface area contributed by atoms with Crippen LogP contribution < -0.4 is 10.6 Å². The molecule has 0 aliphatic rings. The van der Waals surface area contributed by atoms with Gasteiger partial charge in [-0.3, -0.25) is 9.59 Å². The molecule has 1 atom stereocenters. The summed E-state index contributed by atoms with van der Waals surface area (Å²) in [4.78, 5) is 23.2. The summed E-state index contributed by atoms with van der Waals surface area (Å²) in [6.07, 6.45) is -3.14. The first kappa shape index (κ1) is 18.3. The predicted octanol–water partition coefficient (Wildman–Crippen LogP) is 2.73. The van der Waals surface area contributed by atoms with Crippen LogP contribution in [0.1, 0.15) is 12.0 Å². The molecule has 1 rings (SSSR count). The standard InChI is InChI=1S/C14H17F3N2O2S/c1-9-5-3-4-6-10(9)18-12(20)11(7-8-22-2)19-13(21)14(15,16)17/h3-6,11H,7-8H2,1-2H3,(H,18,20)(H,19,21). The van der Waals surface area contributed by atoms with Crippen LogP contribution in [-0.2, 0) is 9.59 Å². The summed E-state index contributed by atoms with van der Waals surface area (Å²) >= 11 is 1.38. The van der Waals surface area contributed by atoms with Gasteiger partial charge in [0, 0.05) is 5.69 Å². The second-order valence-corrected chi connectivity index (χ2v) is 5.60. The summed E-state index contributed by atoms with van der Waals surface area (Å²) in [5.74, 6) is -2.33. The Kier molecular flexibility index (Phi) is 6.73. The van der Waals surface area contributed by atoms with E-state index in [2.05, 4.69) is 5.32 Å². The van der Waals surface area contributed by atoms with E-state index in [-0.39, 0.29) is 6.42 Å². The van der Waals surface area contributed by atoms with Crippen molar-refractivity contribution in [2.45, 2.75) is 25.6 Å². The third-order valence-electron chi connectivity index (χ3n) is 2.89. The van der Waals surface area contributed by atoms with Crippen LogP contribution in [0.5, 0.6) is 0 Å². The van der Waals surface area contributed by atoms with Gasteiger partial charge in [0.05, 0.1) is 0 Å². The van der Waals surface area contributed by atoms with Crippen LogP contribution in [0.3, 0.4) is 0 Å². The monoisotopic (exact) mass is 334 g/mol. The zero-order valence-electron chi connectivity index (χ0n) is 12.2. The number of carbonyl (C=O) groups excluding carboxylic acids is 2. The molecule has 0 aromatic heterocycles. The fourth-order valence-corrected chi connectivity index (χ4v) is 2.15. The SMILES string of the molecule is CSCCC(NC(=O)C(F)(F)F)C(=O)Nc1ccccc1C. The van der Waals surface area contributed by atoms with Crippen LogP contribution in [0.15, 0.2) is 24.3 Å². The maximum Gasteiger partial charge on any atom is 0.471 e. The van der Waals surface area contributed by atoms with Crippen LogP contribution >= 0.6 is 11.8 Å². The minimum Gasteiger partial charge on any atom is -0.336 e. The lowest BCUT2D eigenvalue weighted by Crippen LogP contribution is -2.49. The summed E-state index contributed by atoms with van der Waals surface area (Å²) < 4.78 is 37.0. The molecule has 0 fully saturated rings. The molecule has 0 bridgehead atoms. The summed E-state index contributed by atoms with van der Waals surface area (Å²) in [6.45, 7) is 1.76. The van der Waals surface area contributed by atoms with Crippen molar-refractivity contribution in [2.75, 3.05) is 17.3 Å². The van der Waals surface area contributed by atoms with Crippen LogP contribution in [0, 0.1) is 6.92 Å². The van der Waals surface area contributed by atoms with Gasteiger partial charge in [0.1, 0.15) is 6.04 Å². The lowest BCUT2D eigenvalue weighted by atomic mass is 10.1. The van der Waals surface area contributed by atoms with Crippen molar-refractivity contribution in [3.05, 3.63) is 29.8 Å². The number of aryl methyl sites for hydroxylation is 1. The van der Waals surface area contributed by atoms with Crippen LogP contribution in [0.4, 0.5) is 18.9 Å². The van der Waals surface area contributed by atoms with Crippen LogP contribution in [0.2, 0.25) is 0 Å². The maximum absolute atomic E-state index is 12.3. The number of halogens is 3. The van der Waals surface area contributed by atoms with Gasteiger partial charge in [-0.05, 0) is 37.0 Å². The Balaban J connectivity index is 2.80. The Labute approximate surface area is 130 Å². The number of hydrogen-bond acceptors (Lipinski definition) is 3. The number of amides is 2. The second kappa shape index (κ2) is 8.07. The minimum atomic E-state index is -5.01. The summed E-state index contributed by atoms with van der Waals surface area (Å²) in [5.41, 5.74) is 1.28. The molecule has 0 saturated heterocycles. The van der Waals surface area contributed by atoms with E-state index < -0.39 is 24.0 Å². The number of thioether (sulfide) groups is 1. The lowest BCUT2D eigenvalue weighted by molar-refractivity contribution is -0.174. The number of benzene rings is 1. The largest absolute Gasteiger partial charge is 0.471 e. The number of nitrogens with one attached hydrogen (secondary N) is 2. The van der Waals surface area contributed by atoms with E-state index in [4.69, 9.17) is 0 Å². The van der Waals surface area contributed by atoms with E-state index in [1.165, 1.54) is 11.8 Å². The van der Waals surface area contributed by atoms with Crippen molar-refractivity contribution < 1.29 is 22.8 Å². The number of rotatable bonds is 6. The van der Waals surface area contributed by atoms with Gasteiger partial charge < -0.3 is 10.6 Å². The molecule has 0 aliphatic heterocycles. The highest BCUT2D eigenvalue weighted by Crippen LogP contribution is 2.17. The van der Waals surface area contributed by atoms with Gasteiger partial charge in [-0.2, -0.15) is 24.9 Å². The Morgan fingerprint density at radius 1 is 1.27 bits per heavy atom. The summed E-state index contributed by atoms with van der Waals surface area (Å²) in [6, 6.07) is 5.65. The zero-order valence-corrected chi connectivity index (χ0v) is 13.0. The maximum atomic E-state index is 12.3. The van der Waals surface area contributed by atoms with Crippen molar-refractivity contribution in [3.63, 3.8) is 0 Å². The molecule has 1 aromatic carbocycles. The highest BCUT2D eigenvalue weighted by molar-refractivity contribution is 7.98. The van der Waals surface area contributed by atoms with E-state index >= 15 is 0 Å². The van der Waals surface area contributed by atoms with E-state index in [1.807, 2.05) is 0 Å². The van der Waals surface area contributed by atoms with Gasteiger partial charge in [0.2, 0.25) is 5.91 Å². The van der Waals surface area contributed by atoms with Gasteiger partial charge in [0.15, 0.2) is 0 Å². The fraction of sp³-hybridized carbons (Fsp3) is 0.429. The van der Waals surface area contributed by atoms with E-state index in [1.54, 1.807) is 42.8 Å². The molecule has 1 unspecified atom stereocenters. The average Bonchev–Trinajstić information content (AvgIpc) is 2.44. The quantitative estimate of drug-likeness (QED) is 0.841. The molecule has 2 amide bonds. The van der Waals surface area contributed by atoms with Gasteiger partial charge in [-0.15, -0.1) is 0 Å². The molecule has 2 N–H and O–H groups in total. The number of alkyl halides is 3. The minimum absolute atomic E-state index is 0.112. The molecule has 0 saturated carbocycles.